The molecule has 1 aliphatic rings. The van der Waals surface area contributed by atoms with Crippen LogP contribution in [0.5, 0.6) is 0 Å². The predicted molar refractivity (Wildman–Crippen MR) is 87.8 cm³/mol. The zero-order valence-electron chi connectivity index (χ0n) is 14.5. The van der Waals surface area contributed by atoms with Gasteiger partial charge in [-0.15, -0.1) is 0 Å². The van der Waals surface area contributed by atoms with Gasteiger partial charge in [0, 0.05) is 5.57 Å². The van der Waals surface area contributed by atoms with E-state index in [-0.39, 0.29) is 12.4 Å². The maximum atomic E-state index is 11.8. The first-order valence-electron chi connectivity index (χ1n) is 7.71. The highest BCUT2D eigenvalue weighted by atomic mass is 16.6. The van der Waals surface area contributed by atoms with E-state index in [1.165, 1.54) is 0 Å². The van der Waals surface area contributed by atoms with Gasteiger partial charge in [-0.05, 0) is 46.3 Å². The van der Waals surface area contributed by atoms with Crippen LogP contribution in [0, 0.1) is 0 Å². The van der Waals surface area contributed by atoms with Crippen LogP contribution in [-0.2, 0) is 23.8 Å². The molecule has 2 atom stereocenters. The van der Waals surface area contributed by atoms with Crippen LogP contribution in [0.3, 0.4) is 0 Å². The second kappa shape index (κ2) is 8.11. The number of esters is 2. The van der Waals surface area contributed by atoms with Crippen molar-refractivity contribution in [2.75, 3.05) is 6.61 Å². The highest BCUT2D eigenvalue weighted by molar-refractivity contribution is 5.87. The Bertz CT molecular complexity index is 522. The molecule has 0 spiro atoms. The molecule has 1 rings (SSSR count). The molecule has 0 saturated heterocycles. The summed E-state index contributed by atoms with van der Waals surface area (Å²) in [6.45, 7) is 13.0. The second-order valence-corrected chi connectivity index (χ2v) is 6.41. The molecule has 5 nitrogen and oxygen atoms in total. The van der Waals surface area contributed by atoms with Gasteiger partial charge in [-0.3, -0.25) is 4.79 Å². The molecule has 0 radical (unpaired) electrons. The van der Waals surface area contributed by atoms with Gasteiger partial charge >= 0.3 is 11.9 Å². The Kier molecular flexibility index (Phi) is 6.76. The first-order valence-corrected chi connectivity index (χ1v) is 7.71. The quantitative estimate of drug-likeness (QED) is 0.555. The molecule has 1 aliphatic carbocycles. The van der Waals surface area contributed by atoms with E-state index in [0.29, 0.717) is 12.2 Å². The van der Waals surface area contributed by atoms with Crippen LogP contribution >= 0.6 is 0 Å². The van der Waals surface area contributed by atoms with Crippen molar-refractivity contribution in [3.8, 4) is 0 Å². The van der Waals surface area contributed by atoms with Gasteiger partial charge in [0.05, 0.1) is 18.6 Å². The van der Waals surface area contributed by atoms with Crippen LogP contribution in [0.15, 0.2) is 36.0 Å². The Morgan fingerprint density at radius 2 is 1.96 bits per heavy atom. The van der Waals surface area contributed by atoms with Crippen LogP contribution in [0.25, 0.3) is 0 Å². The fourth-order valence-corrected chi connectivity index (χ4v) is 2.08. The van der Waals surface area contributed by atoms with Gasteiger partial charge in [0.25, 0.3) is 0 Å². The molecule has 2 unspecified atom stereocenters. The van der Waals surface area contributed by atoms with Gasteiger partial charge in [-0.2, -0.15) is 0 Å². The lowest BCUT2D eigenvalue weighted by Crippen LogP contribution is -2.40. The highest BCUT2D eigenvalue weighted by Gasteiger charge is 2.33. The van der Waals surface area contributed by atoms with Gasteiger partial charge in [0.2, 0.25) is 0 Å². The number of hydrogen-bond acceptors (Lipinski definition) is 5. The van der Waals surface area contributed by atoms with E-state index in [2.05, 4.69) is 6.58 Å². The lowest BCUT2D eigenvalue weighted by Gasteiger charge is -2.34. The Hall–Kier alpha value is -1.88. The summed E-state index contributed by atoms with van der Waals surface area (Å²) in [6, 6.07) is 0. The van der Waals surface area contributed by atoms with E-state index >= 15 is 0 Å². The van der Waals surface area contributed by atoms with E-state index < -0.39 is 23.8 Å². The fraction of sp³-hybridized carbons (Fsp3) is 0.556. The van der Waals surface area contributed by atoms with Crippen molar-refractivity contribution in [1.82, 2.24) is 0 Å². The Labute approximate surface area is 138 Å². The minimum atomic E-state index is -0.604. The summed E-state index contributed by atoms with van der Waals surface area (Å²) in [4.78, 5) is 23.6. The Balaban J connectivity index is 2.96. The normalized spacial score (nSPS) is 20.7. The summed E-state index contributed by atoms with van der Waals surface area (Å²) < 4.78 is 16.5. The summed E-state index contributed by atoms with van der Waals surface area (Å²) in [7, 11) is 0. The van der Waals surface area contributed by atoms with E-state index in [1.54, 1.807) is 32.1 Å². The van der Waals surface area contributed by atoms with Crippen molar-refractivity contribution >= 4 is 11.9 Å². The van der Waals surface area contributed by atoms with Crippen molar-refractivity contribution < 1.29 is 23.8 Å². The molecule has 0 bridgehead atoms. The lowest BCUT2D eigenvalue weighted by atomic mass is 9.95. The van der Waals surface area contributed by atoms with Crippen molar-refractivity contribution in [3.05, 3.63) is 36.0 Å². The number of carbonyl (C=O) groups is 2. The van der Waals surface area contributed by atoms with Crippen molar-refractivity contribution in [2.45, 2.75) is 58.8 Å². The van der Waals surface area contributed by atoms with E-state index in [4.69, 9.17) is 14.2 Å². The van der Waals surface area contributed by atoms with Gasteiger partial charge < -0.3 is 14.2 Å². The summed E-state index contributed by atoms with van der Waals surface area (Å²) in [6.07, 6.45) is 4.26. The molecular weight excluding hydrogens is 296 g/mol. The summed E-state index contributed by atoms with van der Waals surface area (Å²) >= 11 is 0. The Morgan fingerprint density at radius 3 is 2.48 bits per heavy atom. The molecule has 128 valence electrons. The molecule has 0 N–H and O–H groups in total. The highest BCUT2D eigenvalue weighted by Crippen LogP contribution is 2.27. The lowest BCUT2D eigenvalue weighted by molar-refractivity contribution is -0.154. The molecule has 0 aromatic carbocycles. The zero-order chi connectivity index (χ0) is 17.6. The third kappa shape index (κ3) is 6.40. The summed E-state index contributed by atoms with van der Waals surface area (Å²) in [5, 5.41) is 0. The molecule has 23 heavy (non-hydrogen) atoms. The number of ether oxygens (including phenoxy) is 3. The third-order valence-corrected chi connectivity index (χ3v) is 3.00. The van der Waals surface area contributed by atoms with Crippen LogP contribution in [-0.4, -0.2) is 36.4 Å². The van der Waals surface area contributed by atoms with Crippen molar-refractivity contribution in [2.24, 2.45) is 0 Å². The first-order chi connectivity index (χ1) is 10.6. The van der Waals surface area contributed by atoms with E-state index in [1.807, 2.05) is 20.8 Å². The molecule has 0 aromatic rings. The molecule has 0 amide bonds. The standard InChI is InChI=1S/C18H26O5/c1-7-21-15(19)11-13-9-8-10-14(22-17(20)12(2)3)16(13)23-18(4,5)6/h8-10,14,16H,2,7,11H2,1,3-6H3. The van der Waals surface area contributed by atoms with Crippen LogP contribution in [0.4, 0.5) is 0 Å². The number of hydrogen-bond donors (Lipinski definition) is 0. The molecule has 5 heteroatoms. The average molecular weight is 322 g/mol. The molecule has 0 heterocycles. The molecular formula is C18H26O5. The number of rotatable bonds is 6. The minimum Gasteiger partial charge on any atom is -0.466 e. The molecule has 0 saturated carbocycles. The molecule has 0 fully saturated rings. The van der Waals surface area contributed by atoms with Crippen LogP contribution in [0.2, 0.25) is 0 Å². The predicted octanol–water partition coefficient (Wildman–Crippen LogP) is 3.11. The van der Waals surface area contributed by atoms with Crippen molar-refractivity contribution in [1.29, 1.82) is 0 Å². The fourth-order valence-electron chi connectivity index (χ4n) is 2.08. The minimum absolute atomic E-state index is 0.0973. The monoisotopic (exact) mass is 322 g/mol. The second-order valence-electron chi connectivity index (χ2n) is 6.41. The zero-order valence-corrected chi connectivity index (χ0v) is 14.5. The maximum Gasteiger partial charge on any atom is 0.333 e. The van der Waals surface area contributed by atoms with E-state index in [0.717, 1.165) is 5.57 Å². The number of carbonyl (C=O) groups excluding carboxylic acids is 2. The first kappa shape index (κ1) is 19.2. The number of allylic oxidation sites excluding steroid dienone is 2. The smallest absolute Gasteiger partial charge is 0.333 e. The van der Waals surface area contributed by atoms with Crippen molar-refractivity contribution in [3.63, 3.8) is 0 Å². The summed E-state index contributed by atoms with van der Waals surface area (Å²) in [5.41, 5.74) is 0.576. The van der Waals surface area contributed by atoms with E-state index in [9.17, 15) is 9.59 Å². The molecule has 0 aromatic heterocycles. The SMILES string of the molecule is C=C(C)C(=O)OC1C=CC=C(CC(=O)OCC)C1OC(C)(C)C. The average Bonchev–Trinajstić information content (AvgIpc) is 2.41. The largest absolute Gasteiger partial charge is 0.466 e. The van der Waals surface area contributed by atoms with Gasteiger partial charge in [0.1, 0.15) is 6.10 Å². The van der Waals surface area contributed by atoms with Crippen LogP contribution in [0.1, 0.15) is 41.0 Å². The Morgan fingerprint density at radius 1 is 1.30 bits per heavy atom. The maximum absolute atomic E-state index is 11.8. The van der Waals surface area contributed by atoms with Gasteiger partial charge in [-0.25, -0.2) is 4.79 Å². The van der Waals surface area contributed by atoms with Crippen LogP contribution < -0.4 is 0 Å². The third-order valence-electron chi connectivity index (χ3n) is 3.00. The topological polar surface area (TPSA) is 61.8 Å². The van der Waals surface area contributed by atoms with Gasteiger partial charge in [0.15, 0.2) is 6.10 Å². The van der Waals surface area contributed by atoms with Gasteiger partial charge in [-0.1, -0.05) is 18.7 Å². The summed E-state index contributed by atoms with van der Waals surface area (Å²) in [5.74, 6) is -0.818. The molecule has 0 aliphatic heterocycles.